The highest BCUT2D eigenvalue weighted by Crippen LogP contribution is 2.30. The van der Waals surface area contributed by atoms with Gasteiger partial charge in [-0.2, -0.15) is 0 Å². The molecule has 3 rings (SSSR count). The van der Waals surface area contributed by atoms with E-state index >= 15 is 0 Å². The molecule has 0 radical (unpaired) electrons. The molecule has 0 saturated heterocycles. The van der Waals surface area contributed by atoms with E-state index in [0.717, 1.165) is 11.3 Å². The molecule has 2 heterocycles. The van der Waals surface area contributed by atoms with E-state index in [9.17, 15) is 9.59 Å². The van der Waals surface area contributed by atoms with Crippen LogP contribution in [0.15, 0.2) is 42.6 Å². The van der Waals surface area contributed by atoms with Crippen LogP contribution in [0.5, 0.6) is 5.75 Å². The van der Waals surface area contributed by atoms with Crippen molar-refractivity contribution in [1.82, 2.24) is 4.98 Å². The number of pyridine rings is 1. The molecule has 1 aliphatic heterocycles. The van der Waals surface area contributed by atoms with E-state index in [1.807, 2.05) is 30.5 Å². The lowest BCUT2D eigenvalue weighted by atomic mass is 10.0. The molecule has 6 nitrogen and oxygen atoms in total. The molecular formula is C20H23N2O4S+. The fraction of sp³-hybridized carbons (Fsp3) is 0.350. The fourth-order valence-electron chi connectivity index (χ4n) is 3.13. The van der Waals surface area contributed by atoms with Gasteiger partial charge in [-0.1, -0.05) is 12.1 Å². The summed E-state index contributed by atoms with van der Waals surface area (Å²) in [5, 5.41) is 8.38. The van der Waals surface area contributed by atoms with Gasteiger partial charge in [0.25, 0.3) is 11.2 Å². The van der Waals surface area contributed by atoms with E-state index in [-0.39, 0.29) is 18.3 Å². The number of fused-ring (bicyclic) bond motifs is 1. The summed E-state index contributed by atoms with van der Waals surface area (Å²) in [4.78, 5) is 32.1. The number of carbonyl (C=O) groups is 2. The average molecular weight is 387 g/mol. The molecule has 2 aromatic rings. The highest BCUT2D eigenvalue weighted by atomic mass is 32.2. The quantitative estimate of drug-likeness (QED) is 0.579. The van der Waals surface area contributed by atoms with E-state index in [4.69, 9.17) is 9.84 Å². The third-order valence-electron chi connectivity index (χ3n) is 4.56. The maximum Gasteiger partial charge on any atom is 0.289 e. The Kier molecular flexibility index (Phi) is 6.13. The molecule has 0 spiro atoms. The minimum absolute atomic E-state index is 0.0557. The fourth-order valence-corrected chi connectivity index (χ4v) is 4.92. The second-order valence-corrected chi connectivity index (χ2v) is 8.63. The van der Waals surface area contributed by atoms with Crippen LogP contribution in [0.4, 0.5) is 5.82 Å². The SMILES string of the molecule is COc1ccc(CN2C(=O)C([S+](C)CCCO)C(=O)c3cccnc32)cc1. The molecule has 0 fully saturated rings. The van der Waals surface area contributed by atoms with Crippen molar-refractivity contribution in [1.29, 1.82) is 0 Å². The molecule has 27 heavy (non-hydrogen) atoms. The first-order valence-electron chi connectivity index (χ1n) is 8.72. The monoisotopic (exact) mass is 387 g/mol. The average Bonchev–Trinajstić information content (AvgIpc) is 2.70. The van der Waals surface area contributed by atoms with E-state index in [0.29, 0.717) is 30.1 Å². The van der Waals surface area contributed by atoms with Gasteiger partial charge in [-0.15, -0.1) is 0 Å². The van der Waals surface area contributed by atoms with Crippen molar-refractivity contribution >= 4 is 28.4 Å². The Hall–Kier alpha value is -2.38. The Labute approximate surface area is 161 Å². The van der Waals surface area contributed by atoms with Gasteiger partial charge in [-0.3, -0.25) is 14.5 Å². The van der Waals surface area contributed by atoms with E-state index in [2.05, 4.69) is 4.98 Å². The zero-order valence-corrected chi connectivity index (χ0v) is 16.2. The van der Waals surface area contributed by atoms with Gasteiger partial charge >= 0.3 is 0 Å². The van der Waals surface area contributed by atoms with Crippen LogP contribution in [-0.4, -0.2) is 52.8 Å². The molecule has 1 aliphatic rings. The number of methoxy groups -OCH3 is 1. The van der Waals surface area contributed by atoms with Gasteiger partial charge in [0, 0.05) is 30.1 Å². The number of nitrogens with zero attached hydrogens (tertiary/aromatic N) is 2. The second-order valence-electron chi connectivity index (χ2n) is 6.36. The first-order valence-corrected chi connectivity index (χ1v) is 10.6. The number of hydrogen-bond acceptors (Lipinski definition) is 5. The number of ether oxygens (including phenoxy) is 1. The molecule has 0 bridgehead atoms. The molecule has 1 amide bonds. The van der Waals surface area contributed by atoms with Crippen molar-refractivity contribution in [3.8, 4) is 5.75 Å². The number of aliphatic hydroxyl groups excluding tert-OH is 1. The first kappa shape index (κ1) is 19.4. The predicted molar refractivity (Wildman–Crippen MR) is 106 cm³/mol. The van der Waals surface area contributed by atoms with Gasteiger partial charge in [-0.05, 0) is 29.8 Å². The predicted octanol–water partition coefficient (Wildman–Crippen LogP) is 1.82. The number of amides is 1. The van der Waals surface area contributed by atoms with Crippen molar-refractivity contribution in [2.24, 2.45) is 0 Å². The van der Waals surface area contributed by atoms with Gasteiger partial charge < -0.3 is 9.84 Å². The Morgan fingerprint density at radius 2 is 1.96 bits per heavy atom. The Bertz CT molecular complexity index is 825. The van der Waals surface area contributed by atoms with Crippen LogP contribution in [0.1, 0.15) is 22.3 Å². The molecule has 0 saturated carbocycles. The lowest BCUT2D eigenvalue weighted by Crippen LogP contribution is -2.52. The van der Waals surface area contributed by atoms with Gasteiger partial charge in [0.05, 0.1) is 25.5 Å². The maximum atomic E-state index is 13.2. The van der Waals surface area contributed by atoms with E-state index < -0.39 is 16.1 Å². The lowest BCUT2D eigenvalue weighted by Gasteiger charge is -2.31. The van der Waals surface area contributed by atoms with E-state index in [1.54, 1.807) is 30.3 Å². The number of aliphatic hydroxyl groups is 1. The summed E-state index contributed by atoms with van der Waals surface area (Å²) >= 11 is 0. The summed E-state index contributed by atoms with van der Waals surface area (Å²) in [6.45, 7) is 0.397. The molecule has 142 valence electrons. The summed E-state index contributed by atoms with van der Waals surface area (Å²) in [6.07, 6.45) is 4.09. The first-order chi connectivity index (χ1) is 13.1. The maximum absolute atomic E-state index is 13.2. The van der Waals surface area contributed by atoms with Crippen LogP contribution in [-0.2, 0) is 22.2 Å². The zero-order valence-electron chi connectivity index (χ0n) is 15.4. The minimum Gasteiger partial charge on any atom is -0.497 e. The molecule has 1 aromatic heterocycles. The van der Waals surface area contributed by atoms with Crippen molar-refractivity contribution in [3.05, 3.63) is 53.7 Å². The van der Waals surface area contributed by atoms with Crippen LogP contribution < -0.4 is 9.64 Å². The second kappa shape index (κ2) is 8.54. The van der Waals surface area contributed by atoms with Gasteiger partial charge in [-0.25, -0.2) is 4.98 Å². The van der Waals surface area contributed by atoms with Crippen molar-refractivity contribution in [2.75, 3.05) is 30.6 Å². The number of benzene rings is 1. The topological polar surface area (TPSA) is 79.7 Å². The van der Waals surface area contributed by atoms with Crippen LogP contribution in [0.25, 0.3) is 0 Å². The smallest absolute Gasteiger partial charge is 0.289 e. The highest BCUT2D eigenvalue weighted by Gasteiger charge is 2.48. The summed E-state index contributed by atoms with van der Waals surface area (Å²) < 4.78 is 5.18. The van der Waals surface area contributed by atoms with Gasteiger partial charge in [0.15, 0.2) is 0 Å². The molecule has 1 N–H and O–H groups in total. The summed E-state index contributed by atoms with van der Waals surface area (Å²) in [6, 6.07) is 10.9. The number of ketones is 1. The van der Waals surface area contributed by atoms with Gasteiger partial charge in [0.1, 0.15) is 17.3 Å². The normalized spacial score (nSPS) is 17.6. The standard InChI is InChI=1S/C20H23N2O4S/c1-26-15-8-6-14(7-9-15)13-22-19-16(5-3-10-21-19)17(24)18(20(22)25)27(2)12-4-11-23/h3,5-10,18,23H,4,11-13H2,1-2H3/q+1. The van der Waals surface area contributed by atoms with Gasteiger partial charge in [0.2, 0.25) is 5.78 Å². The van der Waals surface area contributed by atoms with Crippen LogP contribution >= 0.6 is 0 Å². The van der Waals surface area contributed by atoms with Crippen molar-refractivity contribution in [2.45, 2.75) is 18.2 Å². The number of aromatic nitrogens is 1. The number of hydrogen-bond donors (Lipinski definition) is 1. The largest absolute Gasteiger partial charge is 0.497 e. The van der Waals surface area contributed by atoms with Crippen molar-refractivity contribution in [3.63, 3.8) is 0 Å². The number of anilines is 1. The molecule has 0 aliphatic carbocycles. The van der Waals surface area contributed by atoms with Crippen LogP contribution in [0.2, 0.25) is 0 Å². The Balaban J connectivity index is 1.94. The number of carbonyl (C=O) groups excluding carboxylic acids is 2. The number of rotatable bonds is 7. The Morgan fingerprint density at radius 1 is 1.22 bits per heavy atom. The highest BCUT2D eigenvalue weighted by molar-refractivity contribution is 7.98. The molecular weight excluding hydrogens is 364 g/mol. The summed E-state index contributed by atoms with van der Waals surface area (Å²) in [5.41, 5.74) is 1.42. The lowest BCUT2D eigenvalue weighted by molar-refractivity contribution is -0.117. The zero-order chi connectivity index (χ0) is 19.4. The summed E-state index contributed by atoms with van der Waals surface area (Å²) in [5.74, 6) is 1.42. The molecule has 7 heteroatoms. The van der Waals surface area contributed by atoms with Crippen LogP contribution in [0, 0.1) is 0 Å². The molecule has 1 aromatic carbocycles. The van der Waals surface area contributed by atoms with Crippen molar-refractivity contribution < 1.29 is 19.4 Å². The molecule has 2 atom stereocenters. The molecule has 2 unspecified atom stereocenters. The number of Topliss-reactive ketones (excluding diaryl/α,β-unsaturated/α-hetero) is 1. The van der Waals surface area contributed by atoms with Crippen LogP contribution in [0.3, 0.4) is 0 Å². The minimum atomic E-state index is -0.716. The Morgan fingerprint density at radius 3 is 2.63 bits per heavy atom. The summed E-state index contributed by atoms with van der Waals surface area (Å²) in [7, 11) is 1.15. The third kappa shape index (κ3) is 3.99. The van der Waals surface area contributed by atoms with E-state index in [1.165, 1.54) is 0 Å². The third-order valence-corrected chi connectivity index (χ3v) is 6.72.